The highest BCUT2D eigenvalue weighted by atomic mass is 16.4. The average Bonchev–Trinajstić information content (AvgIpc) is 2.77. The Morgan fingerprint density at radius 1 is 0.806 bits per heavy atom. The van der Waals surface area contributed by atoms with Crippen molar-refractivity contribution < 1.29 is 39.0 Å². The van der Waals surface area contributed by atoms with Crippen molar-refractivity contribution in [1.29, 1.82) is 0 Å². The second-order valence-corrected chi connectivity index (χ2v) is 8.72. The van der Waals surface area contributed by atoms with Crippen molar-refractivity contribution in [3.05, 3.63) is 35.9 Å². The highest BCUT2D eigenvalue weighted by Gasteiger charge is 2.32. The molecule has 1 aromatic rings. The molecular weight excluding hydrogens is 474 g/mol. The zero-order valence-corrected chi connectivity index (χ0v) is 20.1. The molecule has 36 heavy (non-hydrogen) atoms. The monoisotopic (exact) mass is 507 g/mol. The van der Waals surface area contributed by atoms with E-state index in [1.807, 2.05) is 13.8 Å². The first kappa shape index (κ1) is 30.0. The fourth-order valence-electron chi connectivity index (χ4n) is 3.28. The number of nitrogens with one attached hydrogen (secondary N) is 3. The van der Waals surface area contributed by atoms with Crippen LogP contribution in [0.1, 0.15) is 38.7 Å². The smallest absolute Gasteiger partial charge is 0.326 e. The van der Waals surface area contributed by atoms with E-state index in [0.717, 1.165) is 0 Å². The Kier molecular flexibility index (Phi) is 12.0. The van der Waals surface area contributed by atoms with Gasteiger partial charge in [-0.25, -0.2) is 4.79 Å². The largest absolute Gasteiger partial charge is 0.481 e. The maximum absolute atomic E-state index is 13.0. The van der Waals surface area contributed by atoms with Crippen LogP contribution >= 0.6 is 0 Å². The highest BCUT2D eigenvalue weighted by Crippen LogP contribution is 2.07. The van der Waals surface area contributed by atoms with Crippen LogP contribution in [0.2, 0.25) is 0 Å². The molecule has 198 valence electrons. The van der Waals surface area contributed by atoms with Crippen LogP contribution in [0, 0.1) is 5.92 Å². The average molecular weight is 508 g/mol. The van der Waals surface area contributed by atoms with Crippen LogP contribution < -0.4 is 27.4 Å². The van der Waals surface area contributed by atoms with Gasteiger partial charge >= 0.3 is 11.9 Å². The van der Waals surface area contributed by atoms with Crippen molar-refractivity contribution in [2.75, 3.05) is 0 Å². The molecule has 4 amide bonds. The Morgan fingerprint density at radius 2 is 1.33 bits per heavy atom. The normalized spacial score (nSPS) is 14.1. The summed E-state index contributed by atoms with van der Waals surface area (Å²) in [5, 5.41) is 25.0. The number of amides is 4. The molecule has 0 aliphatic rings. The van der Waals surface area contributed by atoms with E-state index in [-0.39, 0.29) is 12.3 Å². The van der Waals surface area contributed by atoms with Crippen molar-refractivity contribution in [1.82, 2.24) is 16.0 Å². The minimum absolute atomic E-state index is 0.0844. The lowest BCUT2D eigenvalue weighted by Gasteiger charge is -2.25. The number of benzene rings is 1. The summed E-state index contributed by atoms with van der Waals surface area (Å²) in [7, 11) is 0. The summed E-state index contributed by atoms with van der Waals surface area (Å²) in [4.78, 5) is 72.2. The molecule has 0 aliphatic heterocycles. The van der Waals surface area contributed by atoms with Crippen LogP contribution in [-0.2, 0) is 35.2 Å². The molecule has 4 unspecified atom stereocenters. The Hall–Kier alpha value is -4.00. The number of carboxylic acid groups (broad SMARTS) is 2. The zero-order chi connectivity index (χ0) is 27.4. The molecule has 0 saturated carbocycles. The van der Waals surface area contributed by atoms with Crippen molar-refractivity contribution in [3.8, 4) is 0 Å². The van der Waals surface area contributed by atoms with Gasteiger partial charge in [-0.15, -0.1) is 0 Å². The molecule has 0 spiro atoms. The van der Waals surface area contributed by atoms with Crippen LogP contribution in [0.25, 0.3) is 0 Å². The molecule has 13 heteroatoms. The van der Waals surface area contributed by atoms with Crippen molar-refractivity contribution in [2.24, 2.45) is 17.4 Å². The van der Waals surface area contributed by atoms with Gasteiger partial charge in [-0.3, -0.25) is 24.0 Å². The summed E-state index contributed by atoms with van der Waals surface area (Å²) in [6.45, 7) is 3.70. The van der Waals surface area contributed by atoms with Gasteiger partial charge in [-0.2, -0.15) is 0 Å². The number of primary amides is 1. The van der Waals surface area contributed by atoms with Gasteiger partial charge in [-0.1, -0.05) is 44.2 Å². The third-order valence-corrected chi connectivity index (χ3v) is 5.01. The van der Waals surface area contributed by atoms with E-state index in [9.17, 15) is 33.9 Å². The fourth-order valence-corrected chi connectivity index (χ4v) is 3.28. The van der Waals surface area contributed by atoms with E-state index < -0.39 is 72.6 Å². The Labute approximate surface area is 208 Å². The van der Waals surface area contributed by atoms with E-state index >= 15 is 0 Å². The van der Waals surface area contributed by atoms with E-state index in [4.69, 9.17) is 16.6 Å². The van der Waals surface area contributed by atoms with Crippen LogP contribution in [0.5, 0.6) is 0 Å². The fraction of sp³-hybridized carbons (Fsp3) is 0.478. The van der Waals surface area contributed by atoms with Gasteiger partial charge in [0, 0.05) is 6.42 Å². The van der Waals surface area contributed by atoms with Crippen LogP contribution in [0.15, 0.2) is 30.3 Å². The van der Waals surface area contributed by atoms with Gasteiger partial charge in [0.15, 0.2) is 0 Å². The number of rotatable bonds is 15. The minimum Gasteiger partial charge on any atom is -0.481 e. The van der Waals surface area contributed by atoms with Crippen LogP contribution in [0.4, 0.5) is 0 Å². The van der Waals surface area contributed by atoms with Gasteiger partial charge in [0.1, 0.15) is 18.1 Å². The first-order valence-corrected chi connectivity index (χ1v) is 11.2. The molecule has 0 fully saturated rings. The lowest BCUT2D eigenvalue weighted by Crippen LogP contribution is -2.58. The summed E-state index contributed by atoms with van der Waals surface area (Å²) in [5.41, 5.74) is 11.7. The van der Waals surface area contributed by atoms with E-state index in [0.29, 0.717) is 12.0 Å². The molecule has 4 atom stereocenters. The van der Waals surface area contributed by atoms with Gasteiger partial charge in [0.05, 0.1) is 18.9 Å². The Bertz CT molecular complexity index is 953. The topological polar surface area (TPSA) is 231 Å². The lowest BCUT2D eigenvalue weighted by atomic mass is 10.0. The summed E-state index contributed by atoms with van der Waals surface area (Å²) in [5.74, 6) is -6.43. The van der Waals surface area contributed by atoms with Gasteiger partial charge in [-0.05, 0) is 17.9 Å². The molecule has 0 heterocycles. The number of hydrogen-bond acceptors (Lipinski definition) is 7. The van der Waals surface area contributed by atoms with Crippen molar-refractivity contribution in [2.45, 2.75) is 63.7 Å². The number of carboxylic acids is 2. The highest BCUT2D eigenvalue weighted by molar-refractivity contribution is 5.96. The number of hydrogen-bond donors (Lipinski definition) is 7. The van der Waals surface area contributed by atoms with E-state index in [1.54, 1.807) is 30.3 Å². The van der Waals surface area contributed by atoms with Crippen molar-refractivity contribution >= 4 is 35.6 Å². The molecule has 0 saturated heterocycles. The Morgan fingerprint density at radius 3 is 1.83 bits per heavy atom. The molecule has 1 aromatic carbocycles. The van der Waals surface area contributed by atoms with Gasteiger partial charge < -0.3 is 37.6 Å². The van der Waals surface area contributed by atoms with Crippen LogP contribution in [0.3, 0.4) is 0 Å². The third kappa shape index (κ3) is 11.0. The first-order chi connectivity index (χ1) is 16.8. The zero-order valence-electron chi connectivity index (χ0n) is 20.1. The molecular formula is C23H33N5O8. The van der Waals surface area contributed by atoms with Crippen molar-refractivity contribution in [3.63, 3.8) is 0 Å². The summed E-state index contributed by atoms with van der Waals surface area (Å²) in [6.07, 6.45) is -1.25. The second-order valence-electron chi connectivity index (χ2n) is 8.72. The maximum atomic E-state index is 13.0. The van der Waals surface area contributed by atoms with E-state index in [2.05, 4.69) is 16.0 Å². The molecule has 0 bridgehead atoms. The van der Waals surface area contributed by atoms with E-state index in [1.165, 1.54) is 0 Å². The van der Waals surface area contributed by atoms with Gasteiger partial charge in [0.25, 0.3) is 0 Å². The molecule has 13 nitrogen and oxygen atoms in total. The summed E-state index contributed by atoms with van der Waals surface area (Å²) >= 11 is 0. The number of carbonyl (C=O) groups excluding carboxylic acids is 4. The van der Waals surface area contributed by atoms with Crippen LogP contribution in [-0.4, -0.2) is 69.9 Å². The Balaban J connectivity index is 3.13. The number of aliphatic carboxylic acids is 2. The lowest BCUT2D eigenvalue weighted by molar-refractivity contribution is -0.147. The molecule has 0 radical (unpaired) electrons. The van der Waals surface area contributed by atoms with Gasteiger partial charge in [0.2, 0.25) is 23.6 Å². The predicted molar refractivity (Wildman–Crippen MR) is 127 cm³/mol. The molecule has 9 N–H and O–H groups in total. The minimum atomic E-state index is -1.75. The maximum Gasteiger partial charge on any atom is 0.326 e. The third-order valence-electron chi connectivity index (χ3n) is 5.01. The SMILES string of the molecule is CC(C)CC(N)C(=O)NC(CC(N)=O)C(=O)NC(Cc1ccccc1)C(=O)NC(CC(=O)O)C(=O)O. The molecule has 0 aliphatic carbocycles. The standard InChI is InChI=1S/C23H33N5O8/c1-12(2)8-14(24)20(32)26-16(10-18(25)29)22(34)27-15(9-13-6-4-3-5-7-13)21(33)28-17(23(35)36)11-19(30)31/h3-7,12,14-17H,8-11,24H2,1-2H3,(H2,25,29)(H,26,32)(H,27,34)(H,28,33)(H,30,31)(H,35,36). The second kappa shape index (κ2) is 14.4. The molecule has 1 rings (SSSR count). The summed E-state index contributed by atoms with van der Waals surface area (Å²) < 4.78 is 0. The quantitative estimate of drug-likeness (QED) is 0.146. The number of carbonyl (C=O) groups is 6. The molecule has 0 aromatic heterocycles. The summed E-state index contributed by atoms with van der Waals surface area (Å²) in [6, 6.07) is 2.89. The predicted octanol–water partition coefficient (Wildman–Crippen LogP) is -1.51. The first-order valence-electron chi connectivity index (χ1n) is 11.2. The number of nitrogens with two attached hydrogens (primary N) is 2.